The first-order chi connectivity index (χ1) is 7.88. The van der Waals surface area contributed by atoms with Gasteiger partial charge in [0.1, 0.15) is 10.6 Å². The predicted octanol–water partition coefficient (Wildman–Crippen LogP) is 3.65. The van der Waals surface area contributed by atoms with Crippen LogP contribution < -0.4 is 0 Å². The minimum absolute atomic E-state index is 0.735. The Bertz CT molecular complexity index is 537. The topological polar surface area (TPSA) is 33.1 Å². The van der Waals surface area contributed by atoms with Crippen molar-refractivity contribution < 1.29 is 5.11 Å². The molecule has 0 amide bonds. The fraction of sp³-hybridized carbons (Fsp3) is 0.357. The lowest BCUT2D eigenvalue weighted by molar-refractivity contribution is 0.0746. The van der Waals surface area contributed by atoms with E-state index in [0.29, 0.717) is 0 Å². The molecule has 0 aliphatic rings. The molecular formula is C14H17NOS. The molecule has 0 fully saturated rings. The Kier molecular flexibility index (Phi) is 3.06. The van der Waals surface area contributed by atoms with Crippen LogP contribution in [0.5, 0.6) is 0 Å². The van der Waals surface area contributed by atoms with Crippen molar-refractivity contribution in [2.24, 2.45) is 0 Å². The number of thiazole rings is 1. The summed E-state index contributed by atoms with van der Waals surface area (Å²) in [5.74, 6) is 0. The monoisotopic (exact) mass is 247 g/mol. The van der Waals surface area contributed by atoms with E-state index in [1.54, 1.807) is 25.2 Å². The molecule has 1 N–H and O–H groups in total. The summed E-state index contributed by atoms with van der Waals surface area (Å²) in [7, 11) is 0. The third kappa shape index (κ3) is 2.56. The molecule has 17 heavy (non-hydrogen) atoms. The van der Waals surface area contributed by atoms with Crippen molar-refractivity contribution in [1.29, 1.82) is 0 Å². The van der Waals surface area contributed by atoms with Gasteiger partial charge in [0.25, 0.3) is 0 Å². The third-order valence-corrected chi connectivity index (χ3v) is 3.63. The van der Waals surface area contributed by atoms with Gasteiger partial charge in [-0.05, 0) is 39.3 Å². The van der Waals surface area contributed by atoms with E-state index in [1.165, 1.54) is 11.1 Å². The fourth-order valence-corrected chi connectivity index (χ4v) is 2.71. The number of aliphatic hydroxyl groups is 1. The molecule has 0 spiro atoms. The van der Waals surface area contributed by atoms with Gasteiger partial charge >= 0.3 is 0 Å². The van der Waals surface area contributed by atoms with Crippen molar-refractivity contribution in [3.8, 4) is 10.6 Å². The molecule has 2 nitrogen and oxygen atoms in total. The highest BCUT2D eigenvalue weighted by molar-refractivity contribution is 7.13. The molecule has 0 saturated heterocycles. The van der Waals surface area contributed by atoms with Crippen LogP contribution in [0.2, 0.25) is 0 Å². The molecule has 1 aromatic carbocycles. The van der Waals surface area contributed by atoms with Gasteiger partial charge in [0.05, 0.1) is 5.69 Å². The Morgan fingerprint density at radius 1 is 1.24 bits per heavy atom. The lowest BCUT2D eigenvalue weighted by Gasteiger charge is -2.13. The summed E-state index contributed by atoms with van der Waals surface area (Å²) >= 11 is 1.58. The number of aryl methyl sites for hydroxylation is 2. The molecule has 0 bridgehead atoms. The molecule has 1 aromatic heterocycles. The van der Waals surface area contributed by atoms with Gasteiger partial charge in [-0.1, -0.05) is 17.7 Å². The van der Waals surface area contributed by atoms with E-state index in [-0.39, 0.29) is 0 Å². The summed E-state index contributed by atoms with van der Waals surface area (Å²) in [5, 5.41) is 12.8. The highest BCUT2D eigenvalue weighted by atomic mass is 32.1. The molecule has 90 valence electrons. The quantitative estimate of drug-likeness (QED) is 0.878. The average Bonchev–Trinajstić information content (AvgIpc) is 2.70. The van der Waals surface area contributed by atoms with Crippen molar-refractivity contribution >= 4 is 11.3 Å². The van der Waals surface area contributed by atoms with Crippen molar-refractivity contribution in [3.05, 3.63) is 40.4 Å². The van der Waals surface area contributed by atoms with Gasteiger partial charge in [-0.15, -0.1) is 11.3 Å². The zero-order chi connectivity index (χ0) is 12.6. The first-order valence-electron chi connectivity index (χ1n) is 5.64. The first kappa shape index (κ1) is 12.3. The standard InChI is InChI=1S/C14H17NOS/c1-9-5-6-10(2)11(7-9)13-15-12(8-17-13)14(3,4)16/h5-8,16H,1-4H3. The fourth-order valence-electron chi connectivity index (χ4n) is 1.64. The average molecular weight is 247 g/mol. The molecule has 0 aliphatic heterocycles. The lowest BCUT2D eigenvalue weighted by atomic mass is 10.1. The van der Waals surface area contributed by atoms with Crippen molar-refractivity contribution in [1.82, 2.24) is 4.98 Å². The number of nitrogens with zero attached hydrogens (tertiary/aromatic N) is 1. The van der Waals surface area contributed by atoms with Crippen molar-refractivity contribution in [2.75, 3.05) is 0 Å². The molecule has 0 radical (unpaired) electrons. The molecule has 3 heteroatoms. The molecule has 2 rings (SSSR count). The number of rotatable bonds is 2. The third-order valence-electron chi connectivity index (χ3n) is 2.75. The second kappa shape index (κ2) is 4.24. The maximum atomic E-state index is 9.92. The van der Waals surface area contributed by atoms with Crippen LogP contribution in [0, 0.1) is 13.8 Å². The van der Waals surface area contributed by atoms with Crippen LogP contribution >= 0.6 is 11.3 Å². The minimum atomic E-state index is -0.869. The van der Waals surface area contributed by atoms with E-state index in [2.05, 4.69) is 37.0 Å². The van der Waals surface area contributed by atoms with Gasteiger partial charge in [0, 0.05) is 10.9 Å². The number of aromatic nitrogens is 1. The van der Waals surface area contributed by atoms with Gasteiger partial charge in [0.15, 0.2) is 0 Å². The summed E-state index contributed by atoms with van der Waals surface area (Å²) in [6.45, 7) is 7.68. The maximum absolute atomic E-state index is 9.92. The molecule has 0 saturated carbocycles. The van der Waals surface area contributed by atoms with Crippen molar-refractivity contribution in [2.45, 2.75) is 33.3 Å². The Morgan fingerprint density at radius 2 is 1.94 bits per heavy atom. The second-order valence-corrected chi connectivity index (χ2v) is 5.77. The molecule has 1 heterocycles. The van der Waals surface area contributed by atoms with E-state index in [0.717, 1.165) is 16.3 Å². The van der Waals surface area contributed by atoms with Crippen molar-refractivity contribution in [3.63, 3.8) is 0 Å². The van der Waals surface area contributed by atoms with E-state index in [4.69, 9.17) is 0 Å². The number of hydrogen-bond acceptors (Lipinski definition) is 3. The minimum Gasteiger partial charge on any atom is -0.384 e. The Morgan fingerprint density at radius 3 is 2.53 bits per heavy atom. The predicted molar refractivity (Wildman–Crippen MR) is 72.3 cm³/mol. The summed E-state index contributed by atoms with van der Waals surface area (Å²) in [6, 6.07) is 6.35. The molecule has 0 unspecified atom stereocenters. The lowest BCUT2D eigenvalue weighted by Crippen LogP contribution is -2.15. The highest BCUT2D eigenvalue weighted by Gasteiger charge is 2.20. The van der Waals surface area contributed by atoms with Crippen LogP contribution in [-0.2, 0) is 5.60 Å². The van der Waals surface area contributed by atoms with E-state index < -0.39 is 5.60 Å². The molecular weight excluding hydrogens is 230 g/mol. The zero-order valence-corrected chi connectivity index (χ0v) is 11.4. The Hall–Kier alpha value is -1.19. The first-order valence-corrected chi connectivity index (χ1v) is 6.52. The summed E-state index contributed by atoms with van der Waals surface area (Å²) < 4.78 is 0. The van der Waals surface area contributed by atoms with Gasteiger partial charge in [-0.25, -0.2) is 4.98 Å². The van der Waals surface area contributed by atoms with Crippen LogP contribution in [0.25, 0.3) is 10.6 Å². The largest absolute Gasteiger partial charge is 0.384 e. The van der Waals surface area contributed by atoms with Crippen LogP contribution in [0.4, 0.5) is 0 Å². The van der Waals surface area contributed by atoms with E-state index in [1.807, 2.05) is 5.38 Å². The SMILES string of the molecule is Cc1ccc(C)c(-c2nc(C(C)(C)O)cs2)c1. The number of hydrogen-bond donors (Lipinski definition) is 1. The normalized spacial score (nSPS) is 11.8. The van der Waals surface area contributed by atoms with Gasteiger partial charge in [-0.3, -0.25) is 0 Å². The van der Waals surface area contributed by atoms with E-state index in [9.17, 15) is 5.11 Å². The second-order valence-electron chi connectivity index (χ2n) is 4.92. The van der Waals surface area contributed by atoms with Crippen LogP contribution in [0.1, 0.15) is 30.7 Å². The molecule has 0 atom stereocenters. The zero-order valence-electron chi connectivity index (χ0n) is 10.6. The van der Waals surface area contributed by atoms with Crippen LogP contribution in [0.3, 0.4) is 0 Å². The molecule has 0 aliphatic carbocycles. The smallest absolute Gasteiger partial charge is 0.124 e. The van der Waals surface area contributed by atoms with Crippen LogP contribution in [0.15, 0.2) is 23.6 Å². The Balaban J connectivity index is 2.47. The van der Waals surface area contributed by atoms with Crippen LogP contribution in [-0.4, -0.2) is 10.1 Å². The van der Waals surface area contributed by atoms with E-state index >= 15 is 0 Å². The molecule has 2 aromatic rings. The highest BCUT2D eigenvalue weighted by Crippen LogP contribution is 2.30. The summed E-state index contributed by atoms with van der Waals surface area (Å²) in [4.78, 5) is 4.52. The summed E-state index contributed by atoms with van der Waals surface area (Å²) in [5.41, 5.74) is 3.47. The Labute approximate surface area is 106 Å². The van der Waals surface area contributed by atoms with Gasteiger partial charge < -0.3 is 5.11 Å². The van der Waals surface area contributed by atoms with Gasteiger partial charge in [0.2, 0.25) is 0 Å². The summed E-state index contributed by atoms with van der Waals surface area (Å²) in [6.07, 6.45) is 0. The number of benzene rings is 1. The van der Waals surface area contributed by atoms with Gasteiger partial charge in [-0.2, -0.15) is 0 Å². The maximum Gasteiger partial charge on any atom is 0.124 e.